The largest absolute Gasteiger partial charge is 0.463 e. The van der Waals surface area contributed by atoms with Crippen LogP contribution in [0.2, 0.25) is 0 Å². The number of esters is 1. The number of hydrogen-bond acceptors (Lipinski definition) is 7. The zero-order chi connectivity index (χ0) is 40.5. The molecule has 320 valence electrons. The molecule has 0 radical (unpaired) electrons. The maximum Gasteiger partial charge on any atom is 0.305 e. The number of fused-ring (bicyclic) bond motifs is 5. The standard InChI is InChI=1S/C49H82O7/c1-8-10-11-12-13-14-15-16-17-18-19-20-43(50)54-32-42-44(51)45(52)46(53)47(56-42)55-37-27-29-48(6)36(31-37)23-24-38-40-26-25-39(49(40,7)30-28-41(38)48)34(5)21-22-35(9-2)33(3)4/h12-13,21-23,33-35,37-42,44-47,51-53H,8-11,14-20,24-32H2,1-7H3/b13-12-,22-21+. The third-order valence-corrected chi connectivity index (χ3v) is 15.8. The molecule has 1 saturated heterocycles. The van der Waals surface area contributed by atoms with Crippen molar-refractivity contribution in [1.82, 2.24) is 0 Å². The average molecular weight is 783 g/mol. The van der Waals surface area contributed by atoms with Crippen molar-refractivity contribution in [2.75, 3.05) is 6.61 Å². The number of hydrogen-bond donors (Lipinski definition) is 3. The Morgan fingerprint density at radius 1 is 0.875 bits per heavy atom. The number of aliphatic hydroxyl groups excluding tert-OH is 3. The molecule has 3 saturated carbocycles. The van der Waals surface area contributed by atoms with Crippen molar-refractivity contribution < 1.29 is 34.3 Å². The first-order valence-electron chi connectivity index (χ1n) is 23.4. The van der Waals surface area contributed by atoms with E-state index in [0.717, 1.165) is 75.5 Å². The highest BCUT2D eigenvalue weighted by Gasteiger charge is 2.59. The molecule has 0 amide bonds. The molecule has 0 spiro atoms. The Balaban J connectivity index is 1.09. The molecule has 5 rings (SSSR count). The van der Waals surface area contributed by atoms with Gasteiger partial charge in [0.05, 0.1) is 6.10 Å². The van der Waals surface area contributed by atoms with E-state index in [0.29, 0.717) is 35.5 Å². The number of ether oxygens (including phenoxy) is 3. The first-order chi connectivity index (χ1) is 26.8. The fraction of sp³-hybridized carbons (Fsp3) is 0.857. The van der Waals surface area contributed by atoms with Crippen molar-refractivity contribution in [3.05, 3.63) is 36.0 Å². The Bertz CT molecular complexity index is 1310. The third kappa shape index (κ3) is 10.8. The van der Waals surface area contributed by atoms with E-state index >= 15 is 0 Å². The van der Waals surface area contributed by atoms with Crippen molar-refractivity contribution in [2.45, 2.75) is 207 Å². The number of unbranched alkanes of at least 4 members (excludes halogenated alkanes) is 7. The molecule has 0 aromatic rings. The molecule has 1 aliphatic heterocycles. The minimum absolute atomic E-state index is 0.150. The summed E-state index contributed by atoms with van der Waals surface area (Å²) in [5.41, 5.74) is 2.05. The van der Waals surface area contributed by atoms with Crippen LogP contribution in [0.1, 0.15) is 170 Å². The van der Waals surface area contributed by atoms with Crippen molar-refractivity contribution in [3.63, 3.8) is 0 Å². The summed E-state index contributed by atoms with van der Waals surface area (Å²) in [6.07, 6.45) is 26.4. The van der Waals surface area contributed by atoms with E-state index in [1.165, 1.54) is 63.4 Å². The quantitative estimate of drug-likeness (QED) is 0.0641. The molecule has 4 fully saturated rings. The van der Waals surface area contributed by atoms with Crippen molar-refractivity contribution in [2.24, 2.45) is 52.3 Å². The predicted molar refractivity (Wildman–Crippen MR) is 226 cm³/mol. The molecule has 3 N–H and O–H groups in total. The number of allylic oxidation sites excluding steroid dienone is 5. The van der Waals surface area contributed by atoms with Crippen molar-refractivity contribution in [1.29, 1.82) is 0 Å². The number of carbonyl (C=O) groups excluding carboxylic acids is 1. The van der Waals surface area contributed by atoms with Gasteiger partial charge in [-0.3, -0.25) is 4.79 Å². The lowest BCUT2D eigenvalue weighted by molar-refractivity contribution is -0.313. The summed E-state index contributed by atoms with van der Waals surface area (Å²) in [5.74, 6) is 4.60. The molecule has 5 aliphatic rings. The molecular formula is C49H82O7. The highest BCUT2D eigenvalue weighted by Crippen LogP contribution is 2.67. The molecule has 4 aliphatic carbocycles. The lowest BCUT2D eigenvalue weighted by Crippen LogP contribution is -2.60. The van der Waals surface area contributed by atoms with Gasteiger partial charge >= 0.3 is 5.97 Å². The van der Waals surface area contributed by atoms with Gasteiger partial charge in [0.25, 0.3) is 0 Å². The molecule has 56 heavy (non-hydrogen) atoms. The molecule has 14 atom stereocenters. The first kappa shape index (κ1) is 45.6. The van der Waals surface area contributed by atoms with Crippen LogP contribution >= 0.6 is 0 Å². The fourth-order valence-corrected chi connectivity index (χ4v) is 12.2. The van der Waals surface area contributed by atoms with Gasteiger partial charge in [0.15, 0.2) is 6.29 Å². The minimum Gasteiger partial charge on any atom is -0.463 e. The average Bonchev–Trinajstić information content (AvgIpc) is 3.54. The molecule has 1 heterocycles. The van der Waals surface area contributed by atoms with E-state index in [1.54, 1.807) is 0 Å². The van der Waals surface area contributed by atoms with Crippen LogP contribution in [0.4, 0.5) is 0 Å². The number of rotatable bonds is 20. The highest BCUT2D eigenvalue weighted by atomic mass is 16.7. The molecule has 7 heteroatoms. The first-order valence-corrected chi connectivity index (χ1v) is 23.4. The van der Waals surface area contributed by atoms with E-state index in [-0.39, 0.29) is 24.1 Å². The number of carbonyl (C=O) groups is 1. The Hall–Kier alpha value is -1.51. The van der Waals surface area contributed by atoms with Crippen LogP contribution < -0.4 is 0 Å². The number of aliphatic hydroxyl groups is 3. The van der Waals surface area contributed by atoms with E-state index in [1.807, 2.05) is 0 Å². The smallest absolute Gasteiger partial charge is 0.305 e. The van der Waals surface area contributed by atoms with Gasteiger partial charge in [-0.05, 0) is 136 Å². The summed E-state index contributed by atoms with van der Waals surface area (Å²) >= 11 is 0. The lowest BCUT2D eigenvalue weighted by Gasteiger charge is -2.58. The molecule has 0 aromatic heterocycles. The maximum absolute atomic E-state index is 12.5. The lowest BCUT2D eigenvalue weighted by atomic mass is 9.47. The fourth-order valence-electron chi connectivity index (χ4n) is 12.2. The van der Waals surface area contributed by atoms with Crippen molar-refractivity contribution >= 4 is 5.97 Å². The van der Waals surface area contributed by atoms with Crippen LogP contribution in [0.3, 0.4) is 0 Å². The van der Waals surface area contributed by atoms with E-state index < -0.39 is 30.7 Å². The zero-order valence-electron chi connectivity index (χ0n) is 36.5. The monoisotopic (exact) mass is 783 g/mol. The summed E-state index contributed by atoms with van der Waals surface area (Å²) in [6.45, 7) is 16.7. The van der Waals surface area contributed by atoms with Gasteiger partial charge in [-0.25, -0.2) is 0 Å². The molecular weight excluding hydrogens is 701 g/mol. The van der Waals surface area contributed by atoms with Crippen LogP contribution in [-0.4, -0.2) is 64.7 Å². The van der Waals surface area contributed by atoms with Gasteiger partial charge in [-0.15, -0.1) is 0 Å². The van der Waals surface area contributed by atoms with Crippen LogP contribution in [0.5, 0.6) is 0 Å². The van der Waals surface area contributed by atoms with Gasteiger partial charge in [0.2, 0.25) is 0 Å². The Morgan fingerprint density at radius 3 is 2.34 bits per heavy atom. The molecule has 0 aromatic carbocycles. The van der Waals surface area contributed by atoms with E-state index in [4.69, 9.17) is 14.2 Å². The second-order valence-corrected chi connectivity index (χ2v) is 19.7. The Labute approximate surface area is 341 Å². The summed E-state index contributed by atoms with van der Waals surface area (Å²) < 4.78 is 18.0. The van der Waals surface area contributed by atoms with Gasteiger partial charge < -0.3 is 29.5 Å². The maximum atomic E-state index is 12.5. The van der Waals surface area contributed by atoms with E-state index in [9.17, 15) is 20.1 Å². The molecule has 0 bridgehead atoms. The summed E-state index contributed by atoms with van der Waals surface area (Å²) in [4.78, 5) is 12.5. The molecule has 14 unspecified atom stereocenters. The third-order valence-electron chi connectivity index (χ3n) is 15.8. The van der Waals surface area contributed by atoms with Gasteiger partial charge in [-0.2, -0.15) is 0 Å². The SMILES string of the molecule is CCCC/C=C\CCCCCCCC(=O)OCC1OC(OC2CCC3(C)C(=CCC4C3CCC3(C)C(C(C)/C=C/C(CC)C(C)C)CCC43)C2)C(O)C(O)C1O. The summed E-state index contributed by atoms with van der Waals surface area (Å²) in [6, 6.07) is 0. The van der Waals surface area contributed by atoms with Gasteiger partial charge in [0.1, 0.15) is 31.0 Å². The Kier molecular flexibility index (Phi) is 17.2. The van der Waals surface area contributed by atoms with E-state index in [2.05, 4.69) is 78.8 Å². The van der Waals surface area contributed by atoms with Crippen LogP contribution in [0.15, 0.2) is 36.0 Å². The van der Waals surface area contributed by atoms with Crippen LogP contribution in [0, 0.1) is 52.3 Å². The van der Waals surface area contributed by atoms with Crippen LogP contribution in [-0.2, 0) is 19.0 Å². The Morgan fingerprint density at radius 2 is 1.61 bits per heavy atom. The summed E-state index contributed by atoms with van der Waals surface area (Å²) in [7, 11) is 0. The second-order valence-electron chi connectivity index (χ2n) is 19.7. The zero-order valence-corrected chi connectivity index (χ0v) is 36.5. The second kappa shape index (κ2) is 21.1. The predicted octanol–water partition coefficient (Wildman–Crippen LogP) is 10.7. The van der Waals surface area contributed by atoms with Gasteiger partial charge in [0, 0.05) is 6.42 Å². The molecule has 7 nitrogen and oxygen atoms in total. The van der Waals surface area contributed by atoms with Gasteiger partial charge in [-0.1, -0.05) is 117 Å². The van der Waals surface area contributed by atoms with Crippen LogP contribution in [0.25, 0.3) is 0 Å². The minimum atomic E-state index is -1.45. The topological polar surface area (TPSA) is 105 Å². The highest BCUT2D eigenvalue weighted by molar-refractivity contribution is 5.69. The van der Waals surface area contributed by atoms with Crippen molar-refractivity contribution in [3.8, 4) is 0 Å². The normalized spacial score (nSPS) is 38.3. The summed E-state index contributed by atoms with van der Waals surface area (Å²) in [5, 5.41) is 32.4.